The maximum Gasteiger partial charge on any atom is 0.175 e. The molecule has 0 amide bonds. The second-order valence-electron chi connectivity index (χ2n) is 3.89. The van der Waals surface area contributed by atoms with Gasteiger partial charge in [0.2, 0.25) is 0 Å². The molecule has 18 heavy (non-hydrogen) atoms. The first kappa shape index (κ1) is 14.9. The summed E-state index contributed by atoms with van der Waals surface area (Å²) in [7, 11) is -7.00. The van der Waals surface area contributed by atoms with Gasteiger partial charge in [-0.15, -0.1) is 0 Å². The van der Waals surface area contributed by atoms with Crippen LogP contribution in [0.1, 0.15) is 0 Å². The van der Waals surface area contributed by atoms with E-state index in [0.29, 0.717) is 5.69 Å². The normalized spacial score (nSPS) is 12.4. The van der Waals surface area contributed by atoms with Crippen LogP contribution in [0.3, 0.4) is 0 Å². The molecule has 0 aliphatic heterocycles. The molecule has 0 fully saturated rings. The number of benzene rings is 1. The van der Waals surface area contributed by atoms with Gasteiger partial charge in [0.05, 0.1) is 16.4 Å². The number of rotatable bonds is 5. The molecule has 0 unspecified atom stereocenters. The van der Waals surface area contributed by atoms with Crippen molar-refractivity contribution < 1.29 is 21.9 Å². The number of anilines is 1. The molecule has 102 valence electrons. The van der Waals surface area contributed by atoms with Gasteiger partial charge < -0.3 is 10.4 Å². The minimum absolute atomic E-state index is 0.0779. The lowest BCUT2D eigenvalue weighted by Gasteiger charge is -2.09. The Labute approximate surface area is 106 Å². The molecule has 0 spiro atoms. The minimum atomic E-state index is -3.50. The van der Waals surface area contributed by atoms with Crippen LogP contribution in [0.2, 0.25) is 0 Å². The van der Waals surface area contributed by atoms with Crippen molar-refractivity contribution in [3.63, 3.8) is 0 Å². The fourth-order valence-electron chi connectivity index (χ4n) is 1.30. The Hall–Kier alpha value is -1.12. The first-order valence-electron chi connectivity index (χ1n) is 5.04. The average Bonchev–Trinajstić information content (AvgIpc) is 2.23. The van der Waals surface area contributed by atoms with Gasteiger partial charge >= 0.3 is 0 Å². The maximum atomic E-state index is 11.5. The fourth-order valence-corrected chi connectivity index (χ4v) is 2.74. The fraction of sp³-hybridized carbons (Fsp3) is 0.400. The van der Waals surface area contributed by atoms with Gasteiger partial charge in [0, 0.05) is 24.7 Å². The van der Waals surface area contributed by atoms with Crippen molar-refractivity contribution in [2.75, 3.05) is 31.0 Å². The van der Waals surface area contributed by atoms with E-state index < -0.39 is 19.7 Å². The Balaban J connectivity index is 3.39. The second kappa shape index (κ2) is 5.25. The predicted octanol–water partition coefficient (Wildman–Crippen LogP) is -0.102. The highest BCUT2D eigenvalue weighted by atomic mass is 32.2. The van der Waals surface area contributed by atoms with Gasteiger partial charge in [-0.3, -0.25) is 0 Å². The Kier molecular flexibility index (Phi) is 4.36. The van der Waals surface area contributed by atoms with Gasteiger partial charge in [0.15, 0.2) is 19.7 Å². The van der Waals surface area contributed by atoms with E-state index in [-0.39, 0.29) is 22.9 Å². The number of hydrogen-bond acceptors (Lipinski definition) is 6. The molecule has 0 saturated heterocycles. The number of aliphatic hydroxyl groups excluding tert-OH is 1. The Bertz CT molecular complexity index is 584. The molecule has 0 radical (unpaired) electrons. The molecule has 0 aromatic heterocycles. The summed E-state index contributed by atoms with van der Waals surface area (Å²) >= 11 is 0. The van der Waals surface area contributed by atoms with Crippen molar-refractivity contribution in [3.05, 3.63) is 18.2 Å². The van der Waals surface area contributed by atoms with E-state index in [1.54, 1.807) is 0 Å². The van der Waals surface area contributed by atoms with Crippen molar-refractivity contribution in [1.82, 2.24) is 0 Å². The van der Waals surface area contributed by atoms with E-state index in [4.69, 9.17) is 5.11 Å². The molecular formula is C10H15NO5S2. The van der Waals surface area contributed by atoms with Gasteiger partial charge in [-0.05, 0) is 18.2 Å². The summed E-state index contributed by atoms with van der Waals surface area (Å²) in [6, 6.07) is 3.79. The largest absolute Gasteiger partial charge is 0.395 e. The summed E-state index contributed by atoms with van der Waals surface area (Å²) in [5.74, 6) is 0. The molecule has 8 heteroatoms. The van der Waals surface area contributed by atoms with E-state index in [0.717, 1.165) is 18.6 Å². The lowest BCUT2D eigenvalue weighted by atomic mass is 10.3. The van der Waals surface area contributed by atoms with Crippen LogP contribution in [0.15, 0.2) is 28.0 Å². The van der Waals surface area contributed by atoms with Gasteiger partial charge in [-0.1, -0.05) is 0 Å². The summed E-state index contributed by atoms with van der Waals surface area (Å²) < 4.78 is 45.9. The summed E-state index contributed by atoms with van der Waals surface area (Å²) in [6.45, 7) is 0.0632. The molecular weight excluding hydrogens is 278 g/mol. The van der Waals surface area contributed by atoms with Crippen LogP contribution < -0.4 is 5.32 Å². The zero-order valence-corrected chi connectivity index (χ0v) is 11.7. The van der Waals surface area contributed by atoms with Crippen LogP contribution in [0.5, 0.6) is 0 Å². The number of nitrogens with one attached hydrogen (secondary N) is 1. The van der Waals surface area contributed by atoms with Crippen molar-refractivity contribution >= 4 is 25.4 Å². The van der Waals surface area contributed by atoms with E-state index in [1.807, 2.05) is 0 Å². The Morgan fingerprint density at radius 1 is 1.00 bits per heavy atom. The molecule has 0 aliphatic rings. The highest BCUT2D eigenvalue weighted by Gasteiger charge is 2.15. The molecule has 2 N–H and O–H groups in total. The standard InChI is InChI=1S/C10H15NO5S2/c1-17(13,14)9-5-8(11-3-4-12)6-10(7-9)18(2,15)16/h5-7,11-12H,3-4H2,1-2H3. The lowest BCUT2D eigenvalue weighted by Crippen LogP contribution is -2.08. The van der Waals surface area contributed by atoms with Crippen LogP contribution in [-0.4, -0.2) is 47.6 Å². The highest BCUT2D eigenvalue weighted by Crippen LogP contribution is 2.22. The Morgan fingerprint density at radius 2 is 1.44 bits per heavy atom. The van der Waals surface area contributed by atoms with Crippen molar-refractivity contribution in [1.29, 1.82) is 0 Å². The zero-order chi connectivity index (χ0) is 14.0. The molecule has 1 rings (SSSR count). The summed E-state index contributed by atoms with van der Waals surface area (Å²) in [5, 5.41) is 11.4. The predicted molar refractivity (Wildman–Crippen MR) is 68.2 cm³/mol. The van der Waals surface area contributed by atoms with Crippen LogP contribution >= 0.6 is 0 Å². The van der Waals surface area contributed by atoms with Crippen LogP contribution in [0, 0.1) is 0 Å². The molecule has 0 atom stereocenters. The molecule has 0 aliphatic carbocycles. The molecule has 0 saturated carbocycles. The smallest absolute Gasteiger partial charge is 0.175 e. The van der Waals surface area contributed by atoms with Crippen LogP contribution in [0.25, 0.3) is 0 Å². The third-order valence-corrected chi connectivity index (χ3v) is 4.36. The quantitative estimate of drug-likeness (QED) is 0.786. The summed E-state index contributed by atoms with van der Waals surface area (Å²) in [4.78, 5) is -0.156. The zero-order valence-electron chi connectivity index (χ0n) is 10.0. The average molecular weight is 293 g/mol. The molecule has 6 nitrogen and oxygen atoms in total. The van der Waals surface area contributed by atoms with Gasteiger partial charge in [-0.25, -0.2) is 16.8 Å². The van der Waals surface area contributed by atoms with Crippen LogP contribution in [-0.2, 0) is 19.7 Å². The van der Waals surface area contributed by atoms with E-state index in [9.17, 15) is 16.8 Å². The van der Waals surface area contributed by atoms with Crippen molar-refractivity contribution in [2.24, 2.45) is 0 Å². The third kappa shape index (κ3) is 3.97. The van der Waals surface area contributed by atoms with E-state index >= 15 is 0 Å². The van der Waals surface area contributed by atoms with Crippen molar-refractivity contribution in [2.45, 2.75) is 9.79 Å². The van der Waals surface area contributed by atoms with Crippen molar-refractivity contribution in [3.8, 4) is 0 Å². The summed E-state index contributed by atoms with van der Waals surface area (Å²) in [5.41, 5.74) is 0.340. The third-order valence-electron chi connectivity index (χ3n) is 2.18. The van der Waals surface area contributed by atoms with Gasteiger partial charge in [-0.2, -0.15) is 0 Å². The first-order chi connectivity index (χ1) is 8.14. The summed E-state index contributed by atoms with van der Waals surface area (Å²) in [6.07, 6.45) is 2.01. The van der Waals surface area contributed by atoms with E-state index in [1.165, 1.54) is 12.1 Å². The van der Waals surface area contributed by atoms with Gasteiger partial charge in [0.25, 0.3) is 0 Å². The Morgan fingerprint density at radius 3 is 1.78 bits per heavy atom. The number of aliphatic hydroxyl groups is 1. The monoisotopic (exact) mass is 293 g/mol. The lowest BCUT2D eigenvalue weighted by molar-refractivity contribution is 0.311. The van der Waals surface area contributed by atoms with E-state index in [2.05, 4.69) is 5.32 Å². The number of sulfone groups is 2. The first-order valence-corrected chi connectivity index (χ1v) is 8.83. The second-order valence-corrected chi connectivity index (χ2v) is 7.92. The molecule has 0 heterocycles. The molecule has 1 aromatic carbocycles. The van der Waals surface area contributed by atoms with Crippen LogP contribution in [0.4, 0.5) is 5.69 Å². The minimum Gasteiger partial charge on any atom is -0.395 e. The topological polar surface area (TPSA) is 101 Å². The highest BCUT2D eigenvalue weighted by molar-refractivity contribution is 7.91. The molecule has 1 aromatic rings. The SMILES string of the molecule is CS(=O)(=O)c1cc(NCCO)cc(S(C)(=O)=O)c1. The number of hydrogen-bond donors (Lipinski definition) is 2. The maximum absolute atomic E-state index is 11.5. The van der Waals surface area contributed by atoms with Gasteiger partial charge in [0.1, 0.15) is 0 Å². The molecule has 0 bridgehead atoms.